The molecule has 0 bridgehead atoms. The molecule has 1 heterocycles. The highest BCUT2D eigenvalue weighted by atomic mass is 127. The van der Waals surface area contributed by atoms with Crippen LogP contribution in [0.5, 0.6) is 0 Å². The van der Waals surface area contributed by atoms with Crippen LogP contribution in [-0.4, -0.2) is 56.9 Å². The molecule has 1 saturated heterocycles. The van der Waals surface area contributed by atoms with Gasteiger partial charge in [-0.3, -0.25) is 4.99 Å². The lowest BCUT2D eigenvalue weighted by molar-refractivity contribution is -0.0605. The van der Waals surface area contributed by atoms with E-state index in [9.17, 15) is 4.39 Å². The SMILES string of the molecule is CCOCCC1(CNC(=NC)N2CC(C)OC(c3ccc(F)cc3)C2)CC1.I. The fourth-order valence-corrected chi connectivity index (χ4v) is 3.71. The summed E-state index contributed by atoms with van der Waals surface area (Å²) >= 11 is 0. The Labute approximate surface area is 185 Å². The van der Waals surface area contributed by atoms with E-state index >= 15 is 0 Å². The molecule has 1 aliphatic heterocycles. The van der Waals surface area contributed by atoms with Crippen LogP contribution in [-0.2, 0) is 9.47 Å². The van der Waals surface area contributed by atoms with Gasteiger partial charge in [0.2, 0.25) is 0 Å². The lowest BCUT2D eigenvalue weighted by atomic mass is 10.0. The smallest absolute Gasteiger partial charge is 0.193 e. The minimum Gasteiger partial charge on any atom is -0.382 e. The van der Waals surface area contributed by atoms with E-state index in [2.05, 4.69) is 22.1 Å². The van der Waals surface area contributed by atoms with Gasteiger partial charge in [0, 0.05) is 33.4 Å². The number of hydrogen-bond donors (Lipinski definition) is 1. The lowest BCUT2D eigenvalue weighted by Gasteiger charge is -2.39. The van der Waals surface area contributed by atoms with Crippen molar-refractivity contribution >= 4 is 29.9 Å². The largest absolute Gasteiger partial charge is 0.382 e. The number of nitrogens with zero attached hydrogens (tertiary/aromatic N) is 2. The van der Waals surface area contributed by atoms with E-state index in [4.69, 9.17) is 9.47 Å². The van der Waals surface area contributed by atoms with Crippen LogP contribution in [0.3, 0.4) is 0 Å². The summed E-state index contributed by atoms with van der Waals surface area (Å²) in [6.45, 7) is 8.15. The Morgan fingerprint density at radius 1 is 1.32 bits per heavy atom. The van der Waals surface area contributed by atoms with Crippen LogP contribution in [0.25, 0.3) is 0 Å². The number of hydrogen-bond acceptors (Lipinski definition) is 3. The Balaban J connectivity index is 0.00000280. The van der Waals surface area contributed by atoms with Gasteiger partial charge in [-0.2, -0.15) is 0 Å². The van der Waals surface area contributed by atoms with E-state index in [1.807, 2.05) is 14.0 Å². The summed E-state index contributed by atoms with van der Waals surface area (Å²) in [6, 6.07) is 6.59. The Hall–Kier alpha value is -0.930. The van der Waals surface area contributed by atoms with Crippen molar-refractivity contribution in [2.45, 2.75) is 45.3 Å². The predicted molar refractivity (Wildman–Crippen MR) is 121 cm³/mol. The molecular weight excluding hydrogens is 472 g/mol. The Morgan fingerprint density at radius 2 is 2.04 bits per heavy atom. The molecule has 2 unspecified atom stereocenters. The summed E-state index contributed by atoms with van der Waals surface area (Å²) in [5.74, 6) is 0.693. The fraction of sp³-hybridized carbons (Fsp3) is 0.667. The molecule has 1 aliphatic carbocycles. The molecule has 1 saturated carbocycles. The molecule has 2 atom stereocenters. The van der Waals surface area contributed by atoms with Crippen LogP contribution >= 0.6 is 24.0 Å². The first kappa shape index (κ1) is 23.3. The molecule has 2 aliphatic rings. The minimum absolute atomic E-state index is 0. The van der Waals surface area contributed by atoms with E-state index < -0.39 is 0 Å². The quantitative estimate of drug-likeness (QED) is 0.264. The van der Waals surface area contributed by atoms with Gasteiger partial charge in [0.15, 0.2) is 5.96 Å². The summed E-state index contributed by atoms with van der Waals surface area (Å²) in [4.78, 5) is 6.75. The topological polar surface area (TPSA) is 46.1 Å². The number of morpholine rings is 1. The zero-order valence-corrected chi connectivity index (χ0v) is 19.4. The molecule has 28 heavy (non-hydrogen) atoms. The van der Waals surface area contributed by atoms with Crippen LogP contribution in [0, 0.1) is 11.2 Å². The molecule has 7 heteroatoms. The van der Waals surface area contributed by atoms with Crippen molar-refractivity contribution < 1.29 is 13.9 Å². The van der Waals surface area contributed by atoms with Gasteiger partial charge >= 0.3 is 0 Å². The van der Waals surface area contributed by atoms with Gasteiger partial charge in [-0.05, 0) is 56.2 Å². The van der Waals surface area contributed by atoms with Crippen molar-refractivity contribution in [1.29, 1.82) is 0 Å². The maximum Gasteiger partial charge on any atom is 0.193 e. The van der Waals surface area contributed by atoms with Crippen LogP contribution in [0.4, 0.5) is 4.39 Å². The average Bonchev–Trinajstić information content (AvgIpc) is 3.43. The fourth-order valence-electron chi connectivity index (χ4n) is 3.71. The molecule has 0 spiro atoms. The zero-order chi connectivity index (χ0) is 19.3. The molecule has 0 aromatic heterocycles. The van der Waals surface area contributed by atoms with Crippen molar-refractivity contribution in [3.63, 3.8) is 0 Å². The predicted octanol–water partition coefficient (Wildman–Crippen LogP) is 3.99. The Morgan fingerprint density at radius 3 is 2.64 bits per heavy atom. The third-order valence-corrected chi connectivity index (χ3v) is 5.57. The highest BCUT2D eigenvalue weighted by molar-refractivity contribution is 14.0. The van der Waals surface area contributed by atoms with Gasteiger partial charge in [0.1, 0.15) is 11.9 Å². The number of guanidine groups is 1. The number of nitrogens with one attached hydrogen (secondary N) is 1. The van der Waals surface area contributed by atoms with Gasteiger partial charge in [0.05, 0.1) is 12.6 Å². The standard InChI is InChI=1S/C21H32FN3O2.HI/c1-4-26-12-11-21(9-10-21)15-24-20(23-3)25-13-16(2)27-19(14-25)17-5-7-18(22)8-6-17;/h5-8,16,19H,4,9-15H2,1-3H3,(H,23,24);1H. The lowest BCUT2D eigenvalue weighted by Crippen LogP contribution is -2.51. The van der Waals surface area contributed by atoms with E-state index in [1.165, 1.54) is 25.0 Å². The second-order valence-electron chi connectivity index (χ2n) is 7.74. The van der Waals surface area contributed by atoms with E-state index in [0.29, 0.717) is 12.0 Å². The normalized spacial score (nSPS) is 23.9. The highest BCUT2D eigenvalue weighted by Gasteiger charge is 2.42. The van der Waals surface area contributed by atoms with Gasteiger partial charge in [-0.1, -0.05) is 12.1 Å². The maximum absolute atomic E-state index is 13.2. The molecule has 1 N–H and O–H groups in total. The number of aliphatic imine (C=N–C) groups is 1. The number of ether oxygens (including phenoxy) is 2. The first-order valence-electron chi connectivity index (χ1n) is 9.99. The van der Waals surface area contributed by atoms with Gasteiger partial charge < -0.3 is 19.7 Å². The highest BCUT2D eigenvalue weighted by Crippen LogP contribution is 2.48. The third kappa shape index (κ3) is 6.29. The number of benzene rings is 1. The molecule has 158 valence electrons. The van der Waals surface area contributed by atoms with Gasteiger partial charge in [-0.25, -0.2) is 4.39 Å². The van der Waals surface area contributed by atoms with E-state index in [0.717, 1.165) is 44.2 Å². The summed E-state index contributed by atoms with van der Waals surface area (Å²) < 4.78 is 24.9. The molecule has 1 aromatic rings. The van der Waals surface area contributed by atoms with E-state index in [-0.39, 0.29) is 42.0 Å². The summed E-state index contributed by atoms with van der Waals surface area (Å²) in [5.41, 5.74) is 1.36. The maximum atomic E-state index is 13.2. The molecular formula is C21H33FIN3O2. The van der Waals surface area contributed by atoms with Crippen LogP contribution in [0.1, 0.15) is 44.8 Å². The zero-order valence-electron chi connectivity index (χ0n) is 17.1. The summed E-state index contributed by atoms with van der Waals surface area (Å²) in [6.07, 6.45) is 3.60. The van der Waals surface area contributed by atoms with Crippen molar-refractivity contribution in [2.75, 3.05) is 39.9 Å². The Bertz CT molecular complexity index is 637. The van der Waals surface area contributed by atoms with Crippen molar-refractivity contribution in [3.8, 4) is 0 Å². The monoisotopic (exact) mass is 505 g/mol. The molecule has 3 rings (SSSR count). The van der Waals surface area contributed by atoms with Crippen molar-refractivity contribution in [2.24, 2.45) is 10.4 Å². The first-order valence-corrected chi connectivity index (χ1v) is 9.99. The average molecular weight is 505 g/mol. The van der Waals surface area contributed by atoms with Crippen molar-refractivity contribution in [3.05, 3.63) is 35.6 Å². The van der Waals surface area contributed by atoms with Crippen LogP contribution < -0.4 is 5.32 Å². The molecule has 5 nitrogen and oxygen atoms in total. The van der Waals surface area contributed by atoms with Crippen molar-refractivity contribution in [1.82, 2.24) is 10.2 Å². The Kier molecular flexibility index (Phi) is 8.95. The second kappa shape index (κ2) is 10.7. The summed E-state index contributed by atoms with van der Waals surface area (Å²) in [7, 11) is 1.83. The number of halogens is 2. The van der Waals surface area contributed by atoms with Gasteiger partial charge in [-0.15, -0.1) is 24.0 Å². The molecule has 0 amide bonds. The molecule has 1 aromatic carbocycles. The number of rotatable bonds is 7. The van der Waals surface area contributed by atoms with Crippen LogP contribution in [0.15, 0.2) is 29.3 Å². The molecule has 2 fully saturated rings. The first-order chi connectivity index (χ1) is 13.0. The van der Waals surface area contributed by atoms with Crippen LogP contribution in [0.2, 0.25) is 0 Å². The van der Waals surface area contributed by atoms with Gasteiger partial charge in [0.25, 0.3) is 0 Å². The summed E-state index contributed by atoms with van der Waals surface area (Å²) in [5, 5.41) is 3.58. The van der Waals surface area contributed by atoms with E-state index in [1.54, 1.807) is 12.1 Å². The third-order valence-electron chi connectivity index (χ3n) is 5.57. The second-order valence-corrected chi connectivity index (χ2v) is 7.74. The minimum atomic E-state index is -0.223. The molecule has 0 radical (unpaired) electrons.